The fourth-order valence-corrected chi connectivity index (χ4v) is 1.99. The number of hydrogen-bond acceptors (Lipinski definition) is 5. The molecule has 0 radical (unpaired) electrons. The van der Waals surface area contributed by atoms with Crippen molar-refractivity contribution in [3.63, 3.8) is 0 Å². The fourth-order valence-electron chi connectivity index (χ4n) is 1.99. The molecule has 5 nitrogen and oxygen atoms in total. The Hall–Kier alpha value is -1.88. The fraction of sp³-hybridized carbons (Fsp3) is 0.333. The lowest BCUT2D eigenvalue weighted by atomic mass is 10.2. The number of hydrogen-bond donors (Lipinski definition) is 2. The summed E-state index contributed by atoms with van der Waals surface area (Å²) in [5.41, 5.74) is 8.29. The number of rotatable bonds is 2. The van der Waals surface area contributed by atoms with Crippen LogP contribution in [-0.2, 0) is 4.74 Å². The van der Waals surface area contributed by atoms with Crippen LogP contribution in [0.2, 0.25) is 0 Å². The second kappa shape index (κ2) is 4.18. The average molecular weight is 230 g/mol. The van der Waals surface area contributed by atoms with Gasteiger partial charge >= 0.3 is 0 Å². The maximum absolute atomic E-state index is 5.66. The topological polar surface area (TPSA) is 73.1 Å². The van der Waals surface area contributed by atoms with Gasteiger partial charge in [0.05, 0.1) is 35.6 Å². The molecule has 1 aliphatic heterocycles. The molecule has 3 heterocycles. The van der Waals surface area contributed by atoms with E-state index in [-0.39, 0.29) is 0 Å². The van der Waals surface area contributed by atoms with Crippen LogP contribution in [0.25, 0.3) is 11.0 Å². The van der Waals surface area contributed by atoms with E-state index in [1.165, 1.54) is 0 Å². The number of fused-ring (bicyclic) bond motifs is 1. The Morgan fingerprint density at radius 1 is 1.35 bits per heavy atom. The standard InChI is InChI=1S/C12H14N4O/c13-12-2-1-10-11(16-12)5-9(6-14-10)15-8-3-4-17-7-8/h1-2,5-6,8,15H,3-4,7H2,(H2,13,16). The predicted molar refractivity (Wildman–Crippen MR) is 66.8 cm³/mol. The van der Waals surface area contributed by atoms with Crippen molar-refractivity contribution in [1.82, 2.24) is 9.97 Å². The second-order valence-electron chi connectivity index (χ2n) is 4.20. The van der Waals surface area contributed by atoms with E-state index in [1.807, 2.05) is 18.3 Å². The zero-order valence-electron chi connectivity index (χ0n) is 9.39. The summed E-state index contributed by atoms with van der Waals surface area (Å²) < 4.78 is 5.32. The number of aromatic nitrogens is 2. The quantitative estimate of drug-likeness (QED) is 0.816. The maximum atomic E-state index is 5.66. The first-order valence-electron chi connectivity index (χ1n) is 5.68. The van der Waals surface area contributed by atoms with Gasteiger partial charge in [0.2, 0.25) is 0 Å². The van der Waals surface area contributed by atoms with Crippen molar-refractivity contribution in [3.05, 3.63) is 24.4 Å². The molecule has 5 heteroatoms. The summed E-state index contributed by atoms with van der Waals surface area (Å²) in [5, 5.41) is 3.38. The molecule has 0 aliphatic carbocycles. The van der Waals surface area contributed by atoms with E-state index < -0.39 is 0 Å². The van der Waals surface area contributed by atoms with Crippen LogP contribution < -0.4 is 11.1 Å². The number of pyridine rings is 2. The van der Waals surface area contributed by atoms with E-state index in [9.17, 15) is 0 Å². The highest BCUT2D eigenvalue weighted by molar-refractivity contribution is 5.79. The highest BCUT2D eigenvalue weighted by Crippen LogP contribution is 2.18. The monoisotopic (exact) mass is 230 g/mol. The molecule has 2 aromatic heterocycles. The van der Waals surface area contributed by atoms with Crippen molar-refractivity contribution in [2.75, 3.05) is 24.3 Å². The SMILES string of the molecule is Nc1ccc2ncc(NC3CCOC3)cc2n1. The lowest BCUT2D eigenvalue weighted by Crippen LogP contribution is -2.18. The second-order valence-corrected chi connectivity index (χ2v) is 4.20. The van der Waals surface area contributed by atoms with E-state index >= 15 is 0 Å². The normalized spacial score (nSPS) is 19.6. The van der Waals surface area contributed by atoms with Crippen molar-refractivity contribution in [1.29, 1.82) is 0 Å². The first-order valence-corrected chi connectivity index (χ1v) is 5.68. The van der Waals surface area contributed by atoms with Crippen LogP contribution in [0.5, 0.6) is 0 Å². The molecule has 1 saturated heterocycles. The Bertz CT molecular complexity index is 537. The van der Waals surface area contributed by atoms with Crippen LogP contribution >= 0.6 is 0 Å². The van der Waals surface area contributed by atoms with Gasteiger partial charge in [0.1, 0.15) is 5.82 Å². The lowest BCUT2D eigenvalue weighted by Gasteiger charge is -2.12. The first kappa shape index (κ1) is 10.3. The molecule has 0 saturated carbocycles. The van der Waals surface area contributed by atoms with Gasteiger partial charge in [-0.15, -0.1) is 0 Å². The van der Waals surface area contributed by atoms with Gasteiger partial charge in [0, 0.05) is 6.61 Å². The minimum Gasteiger partial charge on any atom is -0.384 e. The van der Waals surface area contributed by atoms with Crippen molar-refractivity contribution >= 4 is 22.5 Å². The third-order valence-corrected chi connectivity index (χ3v) is 2.86. The van der Waals surface area contributed by atoms with Gasteiger partial charge in [0.25, 0.3) is 0 Å². The summed E-state index contributed by atoms with van der Waals surface area (Å²) >= 11 is 0. The number of nitrogens with zero attached hydrogens (tertiary/aromatic N) is 2. The third-order valence-electron chi connectivity index (χ3n) is 2.86. The Labute approximate surface area is 99.0 Å². The molecule has 3 rings (SSSR count). The summed E-state index contributed by atoms with van der Waals surface area (Å²) in [6.45, 7) is 1.58. The van der Waals surface area contributed by atoms with Gasteiger partial charge in [-0.2, -0.15) is 0 Å². The molecule has 17 heavy (non-hydrogen) atoms. The highest BCUT2D eigenvalue weighted by Gasteiger charge is 2.15. The van der Waals surface area contributed by atoms with Crippen LogP contribution in [0.4, 0.5) is 11.5 Å². The number of nitrogens with two attached hydrogens (primary N) is 1. The van der Waals surface area contributed by atoms with Gasteiger partial charge in [-0.05, 0) is 24.6 Å². The van der Waals surface area contributed by atoms with Crippen LogP contribution in [-0.4, -0.2) is 29.2 Å². The minimum absolute atomic E-state index is 0.371. The summed E-state index contributed by atoms with van der Waals surface area (Å²) in [4.78, 5) is 8.60. The minimum atomic E-state index is 0.371. The van der Waals surface area contributed by atoms with E-state index in [1.54, 1.807) is 6.07 Å². The van der Waals surface area contributed by atoms with Crippen molar-refractivity contribution in [2.45, 2.75) is 12.5 Å². The molecule has 0 aromatic carbocycles. The summed E-state index contributed by atoms with van der Waals surface area (Å²) in [6, 6.07) is 5.97. The molecule has 0 amide bonds. The zero-order chi connectivity index (χ0) is 11.7. The molecule has 0 bridgehead atoms. The Morgan fingerprint density at radius 3 is 3.12 bits per heavy atom. The Balaban J connectivity index is 1.89. The first-order chi connectivity index (χ1) is 8.31. The molecule has 1 fully saturated rings. The van der Waals surface area contributed by atoms with Crippen molar-refractivity contribution in [3.8, 4) is 0 Å². The van der Waals surface area contributed by atoms with Crippen LogP contribution in [0.1, 0.15) is 6.42 Å². The average Bonchev–Trinajstić information content (AvgIpc) is 2.81. The molecule has 88 valence electrons. The molecule has 0 spiro atoms. The number of ether oxygens (including phenoxy) is 1. The molecule has 2 aromatic rings. The Morgan fingerprint density at radius 2 is 2.29 bits per heavy atom. The van der Waals surface area contributed by atoms with E-state index in [0.717, 1.165) is 36.4 Å². The maximum Gasteiger partial charge on any atom is 0.124 e. The van der Waals surface area contributed by atoms with Crippen molar-refractivity contribution in [2.24, 2.45) is 0 Å². The van der Waals surface area contributed by atoms with Gasteiger partial charge in [0.15, 0.2) is 0 Å². The zero-order valence-corrected chi connectivity index (χ0v) is 9.39. The number of anilines is 2. The van der Waals surface area contributed by atoms with E-state index in [0.29, 0.717) is 11.9 Å². The highest BCUT2D eigenvalue weighted by atomic mass is 16.5. The summed E-state index contributed by atoms with van der Waals surface area (Å²) in [7, 11) is 0. The van der Waals surface area contributed by atoms with Gasteiger partial charge in [-0.3, -0.25) is 4.98 Å². The molecular formula is C12H14N4O. The summed E-state index contributed by atoms with van der Waals surface area (Å²) in [5.74, 6) is 0.514. The molecular weight excluding hydrogens is 216 g/mol. The van der Waals surface area contributed by atoms with Gasteiger partial charge < -0.3 is 15.8 Å². The van der Waals surface area contributed by atoms with E-state index in [2.05, 4.69) is 15.3 Å². The predicted octanol–water partition coefficient (Wildman–Crippen LogP) is 1.41. The number of nitrogen functional groups attached to an aromatic ring is 1. The summed E-state index contributed by atoms with van der Waals surface area (Å²) in [6.07, 6.45) is 2.85. The molecule has 1 unspecified atom stereocenters. The van der Waals surface area contributed by atoms with Crippen LogP contribution in [0.3, 0.4) is 0 Å². The Kier molecular flexibility index (Phi) is 2.53. The van der Waals surface area contributed by atoms with Crippen LogP contribution in [0.15, 0.2) is 24.4 Å². The van der Waals surface area contributed by atoms with Gasteiger partial charge in [-0.1, -0.05) is 0 Å². The van der Waals surface area contributed by atoms with Crippen molar-refractivity contribution < 1.29 is 4.74 Å². The third kappa shape index (κ3) is 2.14. The number of nitrogens with one attached hydrogen (secondary N) is 1. The largest absolute Gasteiger partial charge is 0.384 e. The van der Waals surface area contributed by atoms with Crippen LogP contribution in [0, 0.1) is 0 Å². The smallest absolute Gasteiger partial charge is 0.124 e. The van der Waals surface area contributed by atoms with Gasteiger partial charge in [-0.25, -0.2) is 4.98 Å². The molecule has 1 aliphatic rings. The lowest BCUT2D eigenvalue weighted by molar-refractivity contribution is 0.195. The molecule has 1 atom stereocenters. The molecule has 3 N–H and O–H groups in total. The van der Waals surface area contributed by atoms with E-state index in [4.69, 9.17) is 10.5 Å².